The standard InChI is InChI=1S/C18H21N5O3/c1-4-12(16-20-13-6-5-10(2)7-14(13)21-16)19-15(24)9-23-8-11(3)17(25)22-18(23)26/h5-8,12H,4,9H2,1-3H3,(H,19,24)(H,20,21)(H,22,25,26). The Balaban J connectivity index is 1.78. The SMILES string of the molecule is CCC(NC(=O)Cn1cc(C)c(=O)[nH]c1=O)c1nc2ccc(C)cc2[nH]1. The molecule has 0 spiro atoms. The summed E-state index contributed by atoms with van der Waals surface area (Å²) in [7, 11) is 0. The van der Waals surface area contributed by atoms with E-state index < -0.39 is 11.2 Å². The lowest BCUT2D eigenvalue weighted by atomic mass is 10.2. The first kappa shape index (κ1) is 17.7. The van der Waals surface area contributed by atoms with E-state index in [-0.39, 0.29) is 18.5 Å². The minimum absolute atomic E-state index is 0.174. The molecule has 0 saturated heterocycles. The number of hydrogen-bond donors (Lipinski definition) is 3. The number of hydrogen-bond acceptors (Lipinski definition) is 4. The summed E-state index contributed by atoms with van der Waals surface area (Å²) in [4.78, 5) is 45.6. The van der Waals surface area contributed by atoms with Gasteiger partial charge in [0.2, 0.25) is 5.91 Å². The van der Waals surface area contributed by atoms with E-state index in [4.69, 9.17) is 0 Å². The van der Waals surface area contributed by atoms with Gasteiger partial charge in [0.1, 0.15) is 12.4 Å². The minimum atomic E-state index is -0.608. The van der Waals surface area contributed by atoms with E-state index in [2.05, 4.69) is 20.3 Å². The zero-order chi connectivity index (χ0) is 18.8. The van der Waals surface area contributed by atoms with Gasteiger partial charge in [0.05, 0.1) is 17.1 Å². The van der Waals surface area contributed by atoms with Crippen LogP contribution in [0, 0.1) is 13.8 Å². The third-order valence-electron chi connectivity index (χ3n) is 4.23. The van der Waals surface area contributed by atoms with E-state index in [1.165, 1.54) is 10.8 Å². The maximum Gasteiger partial charge on any atom is 0.328 e. The summed E-state index contributed by atoms with van der Waals surface area (Å²) in [6.45, 7) is 5.35. The molecule has 0 bridgehead atoms. The smallest absolute Gasteiger partial charge is 0.328 e. The van der Waals surface area contributed by atoms with E-state index >= 15 is 0 Å². The number of imidazole rings is 1. The van der Waals surface area contributed by atoms with Gasteiger partial charge in [-0.3, -0.25) is 19.1 Å². The normalized spacial score (nSPS) is 12.3. The second-order valence-corrected chi connectivity index (χ2v) is 6.37. The van der Waals surface area contributed by atoms with E-state index in [9.17, 15) is 14.4 Å². The highest BCUT2D eigenvalue weighted by molar-refractivity contribution is 5.77. The number of nitrogens with zero attached hydrogens (tertiary/aromatic N) is 2. The zero-order valence-electron chi connectivity index (χ0n) is 14.9. The molecule has 0 fully saturated rings. The van der Waals surface area contributed by atoms with Gasteiger partial charge in [-0.05, 0) is 38.0 Å². The number of benzene rings is 1. The monoisotopic (exact) mass is 355 g/mol. The topological polar surface area (TPSA) is 113 Å². The van der Waals surface area contributed by atoms with Crippen LogP contribution in [0.15, 0.2) is 34.0 Å². The molecule has 0 radical (unpaired) electrons. The number of aromatic nitrogens is 4. The molecule has 1 atom stereocenters. The molecular formula is C18H21N5O3. The van der Waals surface area contributed by atoms with Crippen molar-refractivity contribution in [2.24, 2.45) is 0 Å². The van der Waals surface area contributed by atoms with Crippen LogP contribution >= 0.6 is 0 Å². The number of carbonyl (C=O) groups excluding carboxylic acids is 1. The van der Waals surface area contributed by atoms with Crippen molar-refractivity contribution < 1.29 is 4.79 Å². The average Bonchev–Trinajstić information content (AvgIpc) is 3.00. The van der Waals surface area contributed by atoms with Crippen LogP contribution in [-0.2, 0) is 11.3 Å². The number of carbonyl (C=O) groups is 1. The van der Waals surface area contributed by atoms with Gasteiger partial charge >= 0.3 is 5.69 Å². The predicted octanol–water partition coefficient (Wildman–Crippen LogP) is 1.30. The summed E-state index contributed by atoms with van der Waals surface area (Å²) in [5.74, 6) is 0.341. The molecule has 1 aromatic carbocycles. The van der Waals surface area contributed by atoms with Gasteiger partial charge in [-0.15, -0.1) is 0 Å². The fourth-order valence-electron chi connectivity index (χ4n) is 2.80. The number of fused-ring (bicyclic) bond motifs is 1. The Hall–Kier alpha value is -3.16. The summed E-state index contributed by atoms with van der Waals surface area (Å²) < 4.78 is 1.18. The van der Waals surface area contributed by atoms with Crippen molar-refractivity contribution in [2.75, 3.05) is 0 Å². The molecule has 2 aromatic heterocycles. The van der Waals surface area contributed by atoms with Crippen molar-refractivity contribution in [1.29, 1.82) is 0 Å². The maximum absolute atomic E-state index is 12.4. The Labute approximate surface area is 149 Å². The number of aryl methyl sites for hydroxylation is 2. The molecule has 0 aliphatic heterocycles. The summed E-state index contributed by atoms with van der Waals surface area (Å²) in [6, 6.07) is 5.62. The number of nitrogens with one attached hydrogen (secondary N) is 3. The third-order valence-corrected chi connectivity index (χ3v) is 4.23. The quantitative estimate of drug-likeness (QED) is 0.640. The summed E-state index contributed by atoms with van der Waals surface area (Å²) >= 11 is 0. The molecule has 3 aromatic rings. The van der Waals surface area contributed by atoms with E-state index in [0.717, 1.165) is 16.6 Å². The van der Waals surface area contributed by atoms with Gasteiger partial charge in [0, 0.05) is 11.8 Å². The second kappa shape index (κ2) is 6.99. The molecule has 3 rings (SSSR count). The van der Waals surface area contributed by atoms with Crippen LogP contribution in [0.3, 0.4) is 0 Å². The molecule has 1 unspecified atom stereocenters. The second-order valence-electron chi connectivity index (χ2n) is 6.37. The Morgan fingerprint density at radius 2 is 2.04 bits per heavy atom. The first-order valence-electron chi connectivity index (χ1n) is 8.43. The van der Waals surface area contributed by atoms with Gasteiger partial charge in [0.15, 0.2) is 0 Å². The number of rotatable bonds is 5. The molecule has 8 nitrogen and oxygen atoms in total. The van der Waals surface area contributed by atoms with Crippen LogP contribution in [0.1, 0.15) is 36.3 Å². The number of H-pyrrole nitrogens is 2. The minimum Gasteiger partial charge on any atom is -0.345 e. The molecule has 0 aliphatic rings. The van der Waals surface area contributed by atoms with Crippen LogP contribution < -0.4 is 16.6 Å². The molecule has 0 saturated carbocycles. The summed E-state index contributed by atoms with van der Waals surface area (Å²) in [6.07, 6.45) is 2.02. The van der Waals surface area contributed by atoms with Crippen molar-refractivity contribution in [2.45, 2.75) is 39.8 Å². The first-order chi connectivity index (χ1) is 12.4. The van der Waals surface area contributed by atoms with E-state index in [1.807, 2.05) is 32.0 Å². The van der Waals surface area contributed by atoms with Crippen molar-refractivity contribution in [3.05, 3.63) is 62.2 Å². The van der Waals surface area contributed by atoms with Crippen LogP contribution in [0.5, 0.6) is 0 Å². The predicted molar refractivity (Wildman–Crippen MR) is 98.1 cm³/mol. The van der Waals surface area contributed by atoms with Crippen LogP contribution in [0.2, 0.25) is 0 Å². The largest absolute Gasteiger partial charge is 0.345 e. The lowest BCUT2D eigenvalue weighted by molar-refractivity contribution is -0.122. The van der Waals surface area contributed by atoms with Crippen molar-refractivity contribution in [1.82, 2.24) is 24.8 Å². The third kappa shape index (κ3) is 3.58. The molecule has 0 aliphatic carbocycles. The van der Waals surface area contributed by atoms with Crippen LogP contribution in [0.25, 0.3) is 11.0 Å². The van der Waals surface area contributed by atoms with Gasteiger partial charge in [-0.25, -0.2) is 9.78 Å². The molecule has 3 N–H and O–H groups in total. The van der Waals surface area contributed by atoms with Crippen LogP contribution in [-0.4, -0.2) is 25.4 Å². The summed E-state index contributed by atoms with van der Waals surface area (Å²) in [5, 5.41) is 2.88. The van der Waals surface area contributed by atoms with Crippen LogP contribution in [0.4, 0.5) is 0 Å². The maximum atomic E-state index is 12.4. The Morgan fingerprint density at radius 3 is 2.77 bits per heavy atom. The molecule has 8 heteroatoms. The van der Waals surface area contributed by atoms with E-state index in [1.54, 1.807) is 6.92 Å². The van der Waals surface area contributed by atoms with Gasteiger partial charge in [-0.1, -0.05) is 13.0 Å². The van der Waals surface area contributed by atoms with Crippen molar-refractivity contribution in [3.8, 4) is 0 Å². The van der Waals surface area contributed by atoms with E-state index in [0.29, 0.717) is 17.8 Å². The summed E-state index contributed by atoms with van der Waals surface area (Å²) in [5.41, 5.74) is 2.19. The number of amides is 1. The Morgan fingerprint density at radius 1 is 1.27 bits per heavy atom. The molecule has 1 amide bonds. The van der Waals surface area contributed by atoms with Gasteiger partial charge in [0.25, 0.3) is 5.56 Å². The lowest BCUT2D eigenvalue weighted by Gasteiger charge is -2.15. The first-order valence-corrected chi connectivity index (χ1v) is 8.43. The van der Waals surface area contributed by atoms with Crippen molar-refractivity contribution >= 4 is 16.9 Å². The highest BCUT2D eigenvalue weighted by atomic mass is 16.2. The van der Waals surface area contributed by atoms with Gasteiger partial charge in [-0.2, -0.15) is 0 Å². The van der Waals surface area contributed by atoms with Gasteiger partial charge < -0.3 is 10.3 Å². The fraction of sp³-hybridized carbons (Fsp3) is 0.333. The molecule has 136 valence electrons. The highest BCUT2D eigenvalue weighted by Crippen LogP contribution is 2.19. The van der Waals surface area contributed by atoms with Crippen molar-refractivity contribution in [3.63, 3.8) is 0 Å². The fourth-order valence-corrected chi connectivity index (χ4v) is 2.80. The highest BCUT2D eigenvalue weighted by Gasteiger charge is 2.17. The Bertz CT molecular complexity index is 1080. The molecule has 26 heavy (non-hydrogen) atoms. The zero-order valence-corrected chi connectivity index (χ0v) is 14.9. The lowest BCUT2D eigenvalue weighted by Crippen LogP contribution is -2.37. The molecular weight excluding hydrogens is 334 g/mol. The molecule has 2 heterocycles. The average molecular weight is 355 g/mol. The number of aromatic amines is 2. The Kier molecular flexibility index (Phi) is 4.75.